The van der Waals surface area contributed by atoms with Gasteiger partial charge in [-0.1, -0.05) is 23.7 Å². The highest BCUT2D eigenvalue weighted by Crippen LogP contribution is 2.36. The van der Waals surface area contributed by atoms with Crippen molar-refractivity contribution >= 4 is 44.8 Å². The van der Waals surface area contributed by atoms with Gasteiger partial charge in [0.05, 0.1) is 15.1 Å². The fourth-order valence-electron chi connectivity index (χ4n) is 2.11. The first kappa shape index (κ1) is 14.4. The number of thiazole rings is 1. The van der Waals surface area contributed by atoms with Crippen molar-refractivity contribution in [3.63, 3.8) is 0 Å². The molecule has 0 saturated carbocycles. The van der Waals surface area contributed by atoms with Crippen LogP contribution in [-0.4, -0.2) is 21.0 Å². The normalized spacial score (nSPS) is 10.8. The van der Waals surface area contributed by atoms with Crippen molar-refractivity contribution in [3.8, 4) is 10.6 Å². The number of nitro groups is 1. The average Bonchev–Trinajstić information content (AvgIpc) is 2.89. The predicted molar refractivity (Wildman–Crippen MR) is 83.7 cm³/mol. The summed E-state index contributed by atoms with van der Waals surface area (Å²) < 4.78 is 0.822. The monoisotopic (exact) mass is 334 g/mol. The van der Waals surface area contributed by atoms with E-state index in [-0.39, 0.29) is 11.1 Å². The zero-order valence-corrected chi connectivity index (χ0v) is 12.4. The highest BCUT2D eigenvalue weighted by atomic mass is 35.5. The van der Waals surface area contributed by atoms with Crippen molar-refractivity contribution in [3.05, 3.63) is 57.1 Å². The topological polar surface area (TPSA) is 93.3 Å². The quantitative estimate of drug-likeness (QED) is 0.571. The van der Waals surface area contributed by atoms with Crippen LogP contribution in [0.2, 0.25) is 5.02 Å². The Morgan fingerprint density at radius 2 is 2.09 bits per heavy atom. The number of rotatable bonds is 3. The fraction of sp³-hybridized carbons (Fsp3) is 0. The van der Waals surface area contributed by atoms with Crippen LogP contribution in [-0.2, 0) is 0 Å². The number of aromatic carboxylic acids is 1. The molecule has 0 aliphatic carbocycles. The number of hydrogen-bond acceptors (Lipinski definition) is 5. The molecule has 0 radical (unpaired) electrons. The van der Waals surface area contributed by atoms with Crippen LogP contribution in [0.4, 0.5) is 5.69 Å². The van der Waals surface area contributed by atoms with E-state index in [2.05, 4.69) is 4.98 Å². The molecule has 0 saturated heterocycles. The van der Waals surface area contributed by atoms with E-state index in [1.54, 1.807) is 18.2 Å². The number of nitrogens with zero attached hydrogens (tertiary/aromatic N) is 2. The van der Waals surface area contributed by atoms with Crippen LogP contribution in [0.15, 0.2) is 36.4 Å². The minimum Gasteiger partial charge on any atom is -0.477 e. The SMILES string of the molecule is O=C(O)c1c(-c2nc3cc(Cl)ccc3s2)cccc1[N+](=O)[O-]. The van der Waals surface area contributed by atoms with Gasteiger partial charge in [-0.05, 0) is 18.2 Å². The number of aromatic nitrogens is 1. The molecule has 1 heterocycles. The molecule has 1 aromatic heterocycles. The lowest BCUT2D eigenvalue weighted by molar-refractivity contribution is -0.385. The zero-order chi connectivity index (χ0) is 15.9. The van der Waals surface area contributed by atoms with Crippen molar-refractivity contribution in [2.75, 3.05) is 0 Å². The number of fused-ring (bicyclic) bond motifs is 1. The van der Waals surface area contributed by atoms with Crippen molar-refractivity contribution in [2.45, 2.75) is 0 Å². The maximum atomic E-state index is 11.4. The van der Waals surface area contributed by atoms with Gasteiger partial charge in [-0.3, -0.25) is 10.1 Å². The van der Waals surface area contributed by atoms with Crippen LogP contribution in [0.25, 0.3) is 20.8 Å². The molecule has 0 amide bonds. The molecule has 0 unspecified atom stereocenters. The highest BCUT2D eigenvalue weighted by Gasteiger charge is 2.25. The Bertz CT molecular complexity index is 922. The van der Waals surface area contributed by atoms with E-state index in [1.165, 1.54) is 23.5 Å². The maximum Gasteiger partial charge on any atom is 0.343 e. The molecule has 0 aliphatic heterocycles. The second kappa shape index (κ2) is 5.36. The van der Waals surface area contributed by atoms with E-state index in [0.29, 0.717) is 15.5 Å². The minimum atomic E-state index is -1.36. The molecule has 1 N–H and O–H groups in total. The number of benzene rings is 2. The van der Waals surface area contributed by atoms with Crippen LogP contribution in [0.1, 0.15) is 10.4 Å². The van der Waals surface area contributed by atoms with Gasteiger partial charge in [0, 0.05) is 16.7 Å². The Morgan fingerprint density at radius 3 is 2.77 bits per heavy atom. The van der Waals surface area contributed by atoms with E-state index in [0.717, 1.165) is 10.8 Å². The zero-order valence-electron chi connectivity index (χ0n) is 10.8. The first-order chi connectivity index (χ1) is 10.5. The molecule has 2 aromatic carbocycles. The lowest BCUT2D eigenvalue weighted by atomic mass is 10.1. The van der Waals surface area contributed by atoms with Gasteiger partial charge in [-0.2, -0.15) is 0 Å². The molecule has 3 rings (SSSR count). The third-order valence-corrected chi connectivity index (χ3v) is 4.34. The van der Waals surface area contributed by atoms with Crippen LogP contribution in [0, 0.1) is 10.1 Å². The van der Waals surface area contributed by atoms with Crippen LogP contribution in [0.3, 0.4) is 0 Å². The molecule has 0 fully saturated rings. The fourth-order valence-corrected chi connectivity index (χ4v) is 3.25. The summed E-state index contributed by atoms with van der Waals surface area (Å²) in [6.45, 7) is 0. The van der Waals surface area contributed by atoms with Gasteiger partial charge in [0.25, 0.3) is 5.69 Å². The summed E-state index contributed by atoms with van der Waals surface area (Å²) in [5, 5.41) is 21.3. The molecule has 6 nitrogen and oxygen atoms in total. The Hall–Kier alpha value is -2.51. The molecule has 0 bridgehead atoms. The molecule has 8 heteroatoms. The summed E-state index contributed by atoms with van der Waals surface area (Å²) in [5.41, 5.74) is 0.0225. The van der Waals surface area contributed by atoms with E-state index < -0.39 is 16.6 Å². The van der Waals surface area contributed by atoms with Gasteiger partial charge >= 0.3 is 5.97 Å². The molecular weight excluding hydrogens is 328 g/mol. The second-order valence-electron chi connectivity index (χ2n) is 4.39. The second-order valence-corrected chi connectivity index (χ2v) is 5.86. The molecule has 0 atom stereocenters. The number of carboxylic acid groups (broad SMARTS) is 1. The Labute approximate surface area is 132 Å². The van der Waals surface area contributed by atoms with Crippen molar-refractivity contribution in [2.24, 2.45) is 0 Å². The van der Waals surface area contributed by atoms with E-state index in [9.17, 15) is 20.0 Å². The Kier molecular flexibility index (Phi) is 3.51. The summed E-state index contributed by atoms with van der Waals surface area (Å²) in [6, 6.07) is 9.26. The van der Waals surface area contributed by atoms with Gasteiger partial charge in [0.2, 0.25) is 0 Å². The highest BCUT2D eigenvalue weighted by molar-refractivity contribution is 7.21. The predicted octanol–water partition coefficient (Wildman–Crippen LogP) is 4.22. The maximum absolute atomic E-state index is 11.4. The molecule has 22 heavy (non-hydrogen) atoms. The number of hydrogen-bond donors (Lipinski definition) is 1. The summed E-state index contributed by atoms with van der Waals surface area (Å²) in [4.78, 5) is 26.1. The first-order valence-electron chi connectivity index (χ1n) is 6.04. The van der Waals surface area contributed by atoms with Crippen LogP contribution < -0.4 is 0 Å². The van der Waals surface area contributed by atoms with Gasteiger partial charge < -0.3 is 5.11 Å². The number of carboxylic acids is 1. The summed E-state index contributed by atoms with van der Waals surface area (Å²) >= 11 is 7.16. The summed E-state index contributed by atoms with van der Waals surface area (Å²) in [7, 11) is 0. The molecule has 110 valence electrons. The summed E-state index contributed by atoms with van der Waals surface area (Å²) in [6.07, 6.45) is 0. The van der Waals surface area contributed by atoms with E-state index in [1.807, 2.05) is 0 Å². The standard InChI is InChI=1S/C14H7ClN2O4S/c15-7-4-5-11-9(6-7)16-13(22-11)8-2-1-3-10(17(20)21)12(8)14(18)19/h1-6H,(H,18,19). The smallest absolute Gasteiger partial charge is 0.343 e. The lowest BCUT2D eigenvalue weighted by Crippen LogP contribution is -2.04. The van der Waals surface area contributed by atoms with Gasteiger partial charge in [-0.25, -0.2) is 9.78 Å². The summed E-state index contributed by atoms with van der Waals surface area (Å²) in [5.74, 6) is -1.36. The third kappa shape index (κ3) is 2.40. The third-order valence-electron chi connectivity index (χ3n) is 3.03. The van der Waals surface area contributed by atoms with Gasteiger partial charge in [0.15, 0.2) is 0 Å². The Morgan fingerprint density at radius 1 is 1.32 bits per heavy atom. The molecule has 3 aromatic rings. The number of nitro benzene ring substituents is 1. The first-order valence-corrected chi connectivity index (χ1v) is 7.24. The average molecular weight is 335 g/mol. The minimum absolute atomic E-state index is 0.221. The lowest BCUT2D eigenvalue weighted by Gasteiger charge is -2.03. The van der Waals surface area contributed by atoms with E-state index >= 15 is 0 Å². The molecule has 0 spiro atoms. The number of halogens is 1. The van der Waals surface area contributed by atoms with Gasteiger partial charge in [-0.15, -0.1) is 11.3 Å². The van der Waals surface area contributed by atoms with Gasteiger partial charge in [0.1, 0.15) is 10.6 Å². The van der Waals surface area contributed by atoms with Crippen LogP contribution >= 0.6 is 22.9 Å². The molecular formula is C14H7ClN2O4S. The van der Waals surface area contributed by atoms with Crippen molar-refractivity contribution < 1.29 is 14.8 Å². The molecule has 0 aliphatic rings. The van der Waals surface area contributed by atoms with Crippen molar-refractivity contribution in [1.29, 1.82) is 0 Å². The largest absolute Gasteiger partial charge is 0.477 e. The van der Waals surface area contributed by atoms with Crippen LogP contribution in [0.5, 0.6) is 0 Å². The van der Waals surface area contributed by atoms with E-state index in [4.69, 9.17) is 11.6 Å². The number of carbonyl (C=O) groups is 1. The van der Waals surface area contributed by atoms with Crippen molar-refractivity contribution in [1.82, 2.24) is 4.98 Å². The Balaban J connectivity index is 2.28.